The maximum atomic E-state index is 13.8. The van der Waals surface area contributed by atoms with Crippen LogP contribution >= 0.6 is 11.6 Å². The number of benzene rings is 2. The Hall–Kier alpha value is -4.42. The Morgan fingerprint density at radius 1 is 1.13 bits per heavy atom. The lowest BCUT2D eigenvalue weighted by atomic mass is 10.0. The number of ether oxygens (including phenoxy) is 3. The standard InChI is InChI=1S/C34H41ClN4O8/c1-5-18-44-33(43)39-20-24(45-21-22-13-15-23(35)16-14-22)19-27(39)30(41)37-26(11-8-9-17-36-32(42)47-34(2,3)4)29(40)31-38-25-10-6-7-12-28(25)46-31/h5-7,10,12-16,24,26-27H,1,8-9,11,17-21H2,2-4H3,(H,36,42)(H,37,41)/t24-,26+,27+/m1/s1. The van der Waals surface area contributed by atoms with Crippen LogP contribution < -0.4 is 10.6 Å². The molecule has 3 atom stereocenters. The van der Waals surface area contributed by atoms with Crippen molar-refractivity contribution >= 4 is 46.6 Å². The molecule has 1 aliphatic heterocycles. The summed E-state index contributed by atoms with van der Waals surface area (Å²) in [5, 5.41) is 6.13. The van der Waals surface area contributed by atoms with E-state index in [1.807, 2.05) is 12.1 Å². The van der Waals surface area contributed by atoms with Crippen molar-refractivity contribution in [2.45, 2.75) is 76.9 Å². The number of carbonyl (C=O) groups excluding carboxylic acids is 4. The number of carbonyl (C=O) groups is 4. The fraction of sp³-hybridized carbons (Fsp3) is 0.441. The van der Waals surface area contributed by atoms with Gasteiger partial charge in [0.25, 0.3) is 5.89 Å². The number of nitrogens with zero attached hydrogens (tertiary/aromatic N) is 2. The van der Waals surface area contributed by atoms with E-state index in [2.05, 4.69) is 22.2 Å². The van der Waals surface area contributed by atoms with Gasteiger partial charge >= 0.3 is 12.2 Å². The Balaban J connectivity index is 1.45. The second-order valence-corrected chi connectivity index (χ2v) is 12.6. The van der Waals surface area contributed by atoms with Crippen molar-refractivity contribution in [3.05, 3.63) is 77.7 Å². The zero-order valence-corrected chi connectivity index (χ0v) is 27.6. The minimum absolute atomic E-state index is 0.0316. The third-order valence-electron chi connectivity index (χ3n) is 7.25. The average molecular weight is 669 g/mol. The summed E-state index contributed by atoms with van der Waals surface area (Å²) in [6, 6.07) is 12.2. The fourth-order valence-corrected chi connectivity index (χ4v) is 5.14. The van der Waals surface area contributed by atoms with Gasteiger partial charge in [-0.2, -0.15) is 0 Å². The summed E-state index contributed by atoms with van der Waals surface area (Å²) >= 11 is 5.99. The third kappa shape index (κ3) is 10.5. The molecule has 0 radical (unpaired) electrons. The number of nitrogens with one attached hydrogen (secondary N) is 2. The number of halogens is 1. The van der Waals surface area contributed by atoms with Crippen molar-refractivity contribution in [3.63, 3.8) is 0 Å². The van der Waals surface area contributed by atoms with E-state index in [0.29, 0.717) is 35.5 Å². The summed E-state index contributed by atoms with van der Waals surface area (Å²) < 4.78 is 22.3. The first kappa shape index (κ1) is 35.4. The predicted octanol–water partition coefficient (Wildman–Crippen LogP) is 5.83. The zero-order valence-electron chi connectivity index (χ0n) is 26.8. The van der Waals surface area contributed by atoms with Crippen LogP contribution in [0.3, 0.4) is 0 Å². The SMILES string of the molecule is C=CCOC(=O)N1C[C@H](OCc2ccc(Cl)cc2)C[C@H]1C(=O)N[C@@H](CCCCNC(=O)OC(C)(C)C)C(=O)c1nc2ccccc2o1. The van der Waals surface area contributed by atoms with Crippen LogP contribution in [0.15, 0.2) is 65.6 Å². The number of rotatable bonds is 14. The molecule has 12 nitrogen and oxygen atoms in total. The Labute approximate surface area is 278 Å². The zero-order chi connectivity index (χ0) is 34.0. The molecule has 2 heterocycles. The molecule has 1 aromatic heterocycles. The molecule has 3 amide bonds. The Morgan fingerprint density at radius 2 is 1.87 bits per heavy atom. The molecular formula is C34H41ClN4O8. The van der Waals surface area contributed by atoms with Crippen LogP contribution in [-0.4, -0.2) is 77.2 Å². The lowest BCUT2D eigenvalue weighted by Crippen LogP contribution is -2.51. The molecule has 0 spiro atoms. The molecule has 0 saturated carbocycles. The van der Waals surface area contributed by atoms with Gasteiger partial charge in [0.2, 0.25) is 11.7 Å². The van der Waals surface area contributed by atoms with Crippen LogP contribution in [-0.2, 0) is 25.6 Å². The summed E-state index contributed by atoms with van der Waals surface area (Å²) in [5.74, 6) is -1.19. The van der Waals surface area contributed by atoms with Crippen molar-refractivity contribution in [1.82, 2.24) is 20.5 Å². The highest BCUT2D eigenvalue weighted by atomic mass is 35.5. The van der Waals surface area contributed by atoms with Gasteiger partial charge in [-0.15, -0.1) is 0 Å². The van der Waals surface area contributed by atoms with E-state index in [4.69, 9.17) is 30.2 Å². The van der Waals surface area contributed by atoms with Crippen LogP contribution in [0.2, 0.25) is 5.02 Å². The average Bonchev–Trinajstić information content (AvgIpc) is 3.66. The van der Waals surface area contributed by atoms with E-state index >= 15 is 0 Å². The van der Waals surface area contributed by atoms with E-state index in [1.54, 1.807) is 57.2 Å². The summed E-state index contributed by atoms with van der Waals surface area (Å²) in [6.45, 7) is 9.54. The van der Waals surface area contributed by atoms with Crippen LogP contribution in [0.5, 0.6) is 0 Å². The van der Waals surface area contributed by atoms with E-state index in [-0.39, 0.29) is 38.5 Å². The molecule has 0 unspecified atom stereocenters. The maximum Gasteiger partial charge on any atom is 0.410 e. The first-order valence-corrected chi connectivity index (χ1v) is 15.9. The minimum Gasteiger partial charge on any atom is -0.445 e. The van der Waals surface area contributed by atoms with Crippen molar-refractivity contribution < 1.29 is 37.8 Å². The Bertz CT molecular complexity index is 1520. The number of unbranched alkanes of at least 4 members (excludes halogenated alkanes) is 1. The lowest BCUT2D eigenvalue weighted by molar-refractivity contribution is -0.125. The molecule has 0 bridgehead atoms. The van der Waals surface area contributed by atoms with Crippen LogP contribution in [0.1, 0.15) is 62.7 Å². The number of fused-ring (bicyclic) bond motifs is 1. The van der Waals surface area contributed by atoms with Crippen molar-refractivity contribution in [3.8, 4) is 0 Å². The van der Waals surface area contributed by atoms with Gasteiger partial charge in [0.05, 0.1) is 25.3 Å². The third-order valence-corrected chi connectivity index (χ3v) is 7.50. The van der Waals surface area contributed by atoms with E-state index < -0.39 is 47.7 Å². The number of alkyl carbamates (subject to hydrolysis) is 1. The lowest BCUT2D eigenvalue weighted by Gasteiger charge is -2.25. The second kappa shape index (κ2) is 16.4. The molecule has 252 valence electrons. The molecule has 1 aliphatic rings. The largest absolute Gasteiger partial charge is 0.445 e. The van der Waals surface area contributed by atoms with Gasteiger partial charge in [0.1, 0.15) is 23.8 Å². The molecule has 0 aliphatic carbocycles. The Morgan fingerprint density at radius 3 is 2.57 bits per heavy atom. The van der Waals surface area contributed by atoms with Crippen LogP contribution in [0, 0.1) is 0 Å². The number of likely N-dealkylation sites (tertiary alicyclic amines) is 1. The number of hydrogen-bond donors (Lipinski definition) is 2. The van der Waals surface area contributed by atoms with E-state index in [0.717, 1.165) is 5.56 Å². The Kier molecular flexibility index (Phi) is 12.4. The summed E-state index contributed by atoms with van der Waals surface area (Å²) in [7, 11) is 0. The topological polar surface area (TPSA) is 149 Å². The molecule has 3 aromatic rings. The van der Waals surface area contributed by atoms with Gasteiger partial charge in [0, 0.05) is 18.0 Å². The first-order valence-electron chi connectivity index (χ1n) is 15.5. The number of hydrogen-bond acceptors (Lipinski definition) is 9. The maximum absolute atomic E-state index is 13.8. The fourth-order valence-electron chi connectivity index (χ4n) is 5.02. The van der Waals surface area contributed by atoms with Gasteiger partial charge in [-0.3, -0.25) is 14.5 Å². The normalized spacial score (nSPS) is 16.8. The smallest absolute Gasteiger partial charge is 0.410 e. The summed E-state index contributed by atoms with van der Waals surface area (Å²) in [6.07, 6.45) is 1.12. The van der Waals surface area contributed by atoms with Crippen molar-refractivity contribution in [1.29, 1.82) is 0 Å². The van der Waals surface area contributed by atoms with Gasteiger partial charge in [-0.05, 0) is 69.9 Å². The van der Waals surface area contributed by atoms with Gasteiger partial charge in [0.15, 0.2) is 5.58 Å². The first-order chi connectivity index (χ1) is 22.4. The van der Waals surface area contributed by atoms with Crippen molar-refractivity contribution in [2.24, 2.45) is 0 Å². The number of oxazole rings is 1. The monoisotopic (exact) mass is 668 g/mol. The number of Topliss-reactive ketones (excluding diaryl/α,β-unsaturated/α-hetero) is 1. The second-order valence-electron chi connectivity index (χ2n) is 12.2. The van der Waals surface area contributed by atoms with Crippen molar-refractivity contribution in [2.75, 3.05) is 19.7 Å². The van der Waals surface area contributed by atoms with Gasteiger partial charge < -0.3 is 29.3 Å². The van der Waals surface area contributed by atoms with E-state index in [1.165, 1.54) is 11.0 Å². The highest BCUT2D eigenvalue weighted by Crippen LogP contribution is 2.24. The van der Waals surface area contributed by atoms with Gasteiger partial charge in [-0.1, -0.05) is 48.5 Å². The quantitative estimate of drug-likeness (QED) is 0.123. The van der Waals surface area contributed by atoms with Crippen LogP contribution in [0.25, 0.3) is 11.1 Å². The molecule has 47 heavy (non-hydrogen) atoms. The highest BCUT2D eigenvalue weighted by Gasteiger charge is 2.42. The molecule has 4 rings (SSSR count). The van der Waals surface area contributed by atoms with Crippen LogP contribution in [0.4, 0.5) is 9.59 Å². The summed E-state index contributed by atoms with van der Waals surface area (Å²) in [4.78, 5) is 58.1. The molecular weight excluding hydrogens is 628 g/mol. The minimum atomic E-state index is -1.02. The molecule has 1 fully saturated rings. The number of amides is 3. The molecule has 13 heteroatoms. The molecule has 2 N–H and O–H groups in total. The number of ketones is 1. The predicted molar refractivity (Wildman–Crippen MR) is 175 cm³/mol. The summed E-state index contributed by atoms with van der Waals surface area (Å²) in [5.41, 5.74) is 1.20. The molecule has 1 saturated heterocycles. The number of para-hydroxylation sites is 2. The highest BCUT2D eigenvalue weighted by molar-refractivity contribution is 6.30. The van der Waals surface area contributed by atoms with E-state index in [9.17, 15) is 19.2 Å². The molecule has 2 aromatic carbocycles. The van der Waals surface area contributed by atoms with Gasteiger partial charge in [-0.25, -0.2) is 14.6 Å². The number of aromatic nitrogens is 1.